The molecule has 0 rings (SSSR count). The Hall–Kier alpha value is -0.230. The summed E-state index contributed by atoms with van der Waals surface area (Å²) >= 11 is 0. The van der Waals surface area contributed by atoms with Crippen LogP contribution >= 0.6 is 0 Å². The largest absolute Gasteiger partial charge is 0.243 e. The van der Waals surface area contributed by atoms with Gasteiger partial charge in [-0.1, -0.05) is 0 Å². The zero-order valence-corrected chi connectivity index (χ0v) is 4.71. The van der Waals surface area contributed by atoms with Crippen molar-refractivity contribution in [1.82, 2.24) is 4.72 Å². The minimum absolute atomic E-state index is 1.26. The van der Waals surface area contributed by atoms with Crippen LogP contribution < -0.4 is 4.72 Å². The zero-order valence-electron chi connectivity index (χ0n) is 3.89. The molecule has 0 unspecified atom stereocenters. The van der Waals surface area contributed by atoms with Crippen molar-refractivity contribution in [2.45, 2.75) is 0 Å². The molecule has 0 aromatic carbocycles. The third kappa shape index (κ3) is 2.86. The SMILES string of the molecule is O=S(=O)(CF)NCF. The van der Waals surface area contributed by atoms with E-state index < -0.39 is 22.8 Å². The van der Waals surface area contributed by atoms with Gasteiger partial charge >= 0.3 is 0 Å². The zero-order chi connectivity index (χ0) is 6.62. The Morgan fingerprint density at radius 1 is 1.38 bits per heavy atom. The summed E-state index contributed by atoms with van der Waals surface area (Å²) in [5.41, 5.74) is 0. The molecule has 0 aliphatic carbocycles. The molecular formula is C2H5F2NO2S. The first kappa shape index (κ1) is 7.77. The van der Waals surface area contributed by atoms with Crippen molar-refractivity contribution >= 4 is 10.0 Å². The van der Waals surface area contributed by atoms with Crippen molar-refractivity contribution in [3.8, 4) is 0 Å². The van der Waals surface area contributed by atoms with E-state index in [9.17, 15) is 17.2 Å². The molecule has 6 heteroatoms. The van der Waals surface area contributed by atoms with Crippen LogP contribution in [0.2, 0.25) is 0 Å². The van der Waals surface area contributed by atoms with Crippen LogP contribution in [0.1, 0.15) is 0 Å². The number of halogens is 2. The topological polar surface area (TPSA) is 46.2 Å². The van der Waals surface area contributed by atoms with Crippen LogP contribution in [0.25, 0.3) is 0 Å². The highest BCUT2D eigenvalue weighted by Gasteiger charge is 2.05. The number of nitrogens with one attached hydrogen (secondary N) is 1. The Morgan fingerprint density at radius 3 is 2.00 bits per heavy atom. The van der Waals surface area contributed by atoms with Gasteiger partial charge in [0.1, 0.15) is 0 Å². The van der Waals surface area contributed by atoms with Crippen molar-refractivity contribution in [3.05, 3.63) is 0 Å². The Kier molecular flexibility index (Phi) is 2.85. The fraction of sp³-hybridized carbons (Fsp3) is 1.00. The molecule has 1 N–H and O–H groups in total. The molecule has 50 valence electrons. The van der Waals surface area contributed by atoms with E-state index in [1.54, 1.807) is 0 Å². The Bertz CT molecular complexity index is 142. The Labute approximate surface area is 45.7 Å². The molecule has 0 amide bonds. The lowest BCUT2D eigenvalue weighted by atomic mass is 11.5. The lowest BCUT2D eigenvalue weighted by Crippen LogP contribution is -2.23. The lowest BCUT2D eigenvalue weighted by molar-refractivity contribution is 0.458. The van der Waals surface area contributed by atoms with Gasteiger partial charge in [-0.25, -0.2) is 17.2 Å². The summed E-state index contributed by atoms with van der Waals surface area (Å²) in [6.07, 6.45) is 0. The quantitative estimate of drug-likeness (QED) is 0.557. The van der Waals surface area contributed by atoms with E-state index in [2.05, 4.69) is 0 Å². The van der Waals surface area contributed by atoms with Gasteiger partial charge in [0.25, 0.3) is 0 Å². The maximum atomic E-state index is 11.1. The van der Waals surface area contributed by atoms with Crippen LogP contribution in [0, 0.1) is 0 Å². The highest BCUT2D eigenvalue weighted by Crippen LogP contribution is 1.81. The number of alkyl halides is 2. The first-order chi connectivity index (χ1) is 3.62. The van der Waals surface area contributed by atoms with Gasteiger partial charge < -0.3 is 0 Å². The molecule has 3 nitrogen and oxygen atoms in total. The van der Waals surface area contributed by atoms with Gasteiger partial charge in [-0.2, -0.15) is 4.72 Å². The minimum atomic E-state index is -3.96. The highest BCUT2D eigenvalue weighted by molar-refractivity contribution is 7.89. The van der Waals surface area contributed by atoms with Gasteiger partial charge in [0.05, 0.1) is 0 Å². The van der Waals surface area contributed by atoms with E-state index in [1.165, 1.54) is 4.72 Å². The first-order valence-corrected chi connectivity index (χ1v) is 3.37. The predicted molar refractivity (Wildman–Crippen MR) is 24.0 cm³/mol. The van der Waals surface area contributed by atoms with Gasteiger partial charge in [-0.15, -0.1) is 0 Å². The Balaban J connectivity index is 3.76. The molecule has 0 saturated carbocycles. The fourth-order valence-corrected chi connectivity index (χ4v) is 0.365. The smallest absolute Gasteiger partial charge is 0.233 e. The highest BCUT2D eigenvalue weighted by atomic mass is 32.2. The van der Waals surface area contributed by atoms with Crippen molar-refractivity contribution in [2.24, 2.45) is 0 Å². The summed E-state index contributed by atoms with van der Waals surface area (Å²) in [7, 11) is -3.96. The maximum Gasteiger partial charge on any atom is 0.243 e. The van der Waals surface area contributed by atoms with Crippen LogP contribution in [0.15, 0.2) is 0 Å². The van der Waals surface area contributed by atoms with Gasteiger partial charge in [0.15, 0.2) is 6.80 Å². The molecule has 8 heavy (non-hydrogen) atoms. The molecule has 0 saturated heterocycles. The number of sulfonamides is 1. The van der Waals surface area contributed by atoms with Crippen LogP contribution in [-0.2, 0) is 10.0 Å². The number of hydrogen-bond donors (Lipinski definition) is 1. The molecule has 0 aliphatic heterocycles. The van der Waals surface area contributed by atoms with Gasteiger partial charge in [-0.3, -0.25) is 0 Å². The van der Waals surface area contributed by atoms with Gasteiger partial charge in [0, 0.05) is 0 Å². The van der Waals surface area contributed by atoms with Gasteiger partial charge in [-0.05, 0) is 0 Å². The van der Waals surface area contributed by atoms with E-state index in [4.69, 9.17) is 0 Å². The number of rotatable bonds is 3. The van der Waals surface area contributed by atoms with E-state index in [0.717, 1.165) is 0 Å². The molecule has 0 radical (unpaired) electrons. The third-order valence-electron chi connectivity index (χ3n) is 0.418. The average molecular weight is 145 g/mol. The fourth-order valence-electron chi connectivity index (χ4n) is 0.122. The summed E-state index contributed by atoms with van der Waals surface area (Å²) in [6, 6.07) is -1.57. The second-order valence-electron chi connectivity index (χ2n) is 1.00. The lowest BCUT2D eigenvalue weighted by Gasteiger charge is -1.92. The maximum absolute atomic E-state index is 11.1. The van der Waals surface area contributed by atoms with Crippen molar-refractivity contribution in [2.75, 3.05) is 12.8 Å². The van der Waals surface area contributed by atoms with E-state index >= 15 is 0 Å². The summed E-state index contributed by atoms with van der Waals surface area (Å²) < 4.78 is 43.2. The first-order valence-electron chi connectivity index (χ1n) is 1.71. The van der Waals surface area contributed by atoms with Crippen LogP contribution in [0.4, 0.5) is 8.78 Å². The van der Waals surface area contributed by atoms with Crippen molar-refractivity contribution in [1.29, 1.82) is 0 Å². The van der Waals surface area contributed by atoms with Crippen molar-refractivity contribution < 1.29 is 17.2 Å². The second kappa shape index (κ2) is 2.93. The minimum Gasteiger partial charge on any atom is -0.233 e. The van der Waals surface area contributed by atoms with Crippen LogP contribution in [0.5, 0.6) is 0 Å². The monoisotopic (exact) mass is 145 g/mol. The molecule has 0 fully saturated rings. The van der Waals surface area contributed by atoms with Crippen molar-refractivity contribution in [3.63, 3.8) is 0 Å². The third-order valence-corrected chi connectivity index (χ3v) is 1.25. The molecule has 0 spiro atoms. The molecule has 0 aromatic heterocycles. The van der Waals surface area contributed by atoms with E-state index in [-0.39, 0.29) is 0 Å². The summed E-state index contributed by atoms with van der Waals surface area (Å²) in [5.74, 6) is 0. The Morgan fingerprint density at radius 2 is 1.88 bits per heavy atom. The summed E-state index contributed by atoms with van der Waals surface area (Å²) in [6.45, 7) is -1.26. The molecule has 0 atom stereocenters. The van der Waals surface area contributed by atoms with Gasteiger partial charge in [0.2, 0.25) is 16.0 Å². The predicted octanol–water partition coefficient (Wildman–Crippen LogP) is -0.240. The summed E-state index contributed by atoms with van der Waals surface area (Å²) in [5, 5.41) is 0. The van der Waals surface area contributed by atoms with Crippen LogP contribution in [-0.4, -0.2) is 21.2 Å². The van der Waals surface area contributed by atoms with Crippen LogP contribution in [0.3, 0.4) is 0 Å². The summed E-state index contributed by atoms with van der Waals surface area (Å²) in [4.78, 5) is 0. The normalized spacial score (nSPS) is 11.8. The standard InChI is InChI=1S/C2H5F2NO2S/c3-1-5-8(6,7)2-4/h5H,1-2H2. The molecular weight excluding hydrogens is 140 g/mol. The number of hydrogen-bond acceptors (Lipinski definition) is 2. The van der Waals surface area contributed by atoms with E-state index in [1.807, 2.05) is 0 Å². The van der Waals surface area contributed by atoms with E-state index in [0.29, 0.717) is 0 Å². The molecule has 0 aromatic rings. The molecule has 0 bridgehead atoms. The molecule has 0 heterocycles. The average Bonchev–Trinajstić information content (AvgIpc) is 1.67. The molecule has 0 aliphatic rings. The second-order valence-corrected chi connectivity index (χ2v) is 2.74.